The van der Waals surface area contributed by atoms with Gasteiger partial charge in [0.15, 0.2) is 0 Å². The number of amides is 1. The van der Waals surface area contributed by atoms with Crippen LogP contribution in [0.1, 0.15) is 12.0 Å². The molecule has 1 aliphatic heterocycles. The van der Waals surface area contributed by atoms with Crippen LogP contribution in [-0.2, 0) is 16.1 Å². The lowest BCUT2D eigenvalue weighted by atomic mass is 10.2. The lowest BCUT2D eigenvalue weighted by Gasteiger charge is -2.17. The van der Waals surface area contributed by atoms with Gasteiger partial charge in [0, 0.05) is 25.4 Å². The number of hydrogen-bond donors (Lipinski definition) is 0. The topological polar surface area (TPSA) is 51.7 Å². The van der Waals surface area contributed by atoms with Gasteiger partial charge in [0.25, 0.3) is 0 Å². The van der Waals surface area contributed by atoms with E-state index in [0.29, 0.717) is 19.7 Å². The van der Waals surface area contributed by atoms with Crippen molar-refractivity contribution in [2.24, 2.45) is 0 Å². The number of carbonyl (C=O) groups excluding carboxylic acids is 1. The monoisotopic (exact) mass is 312 g/mol. The second-order valence-electron chi connectivity index (χ2n) is 5.53. The zero-order chi connectivity index (χ0) is 15.9. The lowest BCUT2D eigenvalue weighted by Crippen LogP contribution is -2.33. The maximum Gasteiger partial charge on any atom is 0.248 e. The summed E-state index contributed by atoms with van der Waals surface area (Å²) in [5, 5.41) is 0. The Bertz CT molecular complexity index is 619. The van der Waals surface area contributed by atoms with E-state index in [1.165, 1.54) is 0 Å². The van der Waals surface area contributed by atoms with Crippen LogP contribution in [0.5, 0.6) is 5.75 Å². The van der Waals surface area contributed by atoms with E-state index in [2.05, 4.69) is 4.98 Å². The van der Waals surface area contributed by atoms with Crippen LogP contribution < -0.4 is 4.74 Å². The number of likely N-dealkylation sites (tertiary alicyclic amines) is 1. The number of rotatable bonds is 6. The molecular formula is C18H20N2O3. The summed E-state index contributed by atoms with van der Waals surface area (Å²) in [7, 11) is 0. The molecule has 0 aliphatic carbocycles. The van der Waals surface area contributed by atoms with Gasteiger partial charge >= 0.3 is 0 Å². The molecule has 120 valence electrons. The van der Waals surface area contributed by atoms with Gasteiger partial charge in [0.05, 0.1) is 13.2 Å². The van der Waals surface area contributed by atoms with Crippen molar-refractivity contribution in [2.45, 2.75) is 19.1 Å². The summed E-state index contributed by atoms with van der Waals surface area (Å²) in [6.07, 6.45) is 4.28. The Morgan fingerprint density at radius 1 is 1.17 bits per heavy atom. The van der Waals surface area contributed by atoms with Crippen molar-refractivity contribution in [3.05, 3.63) is 60.4 Å². The summed E-state index contributed by atoms with van der Waals surface area (Å²) in [4.78, 5) is 17.9. The summed E-state index contributed by atoms with van der Waals surface area (Å²) in [6, 6.07) is 13.5. The number of carbonyl (C=O) groups is 1. The molecule has 1 aromatic heterocycles. The van der Waals surface area contributed by atoms with Crippen molar-refractivity contribution in [3.63, 3.8) is 0 Å². The maximum atomic E-state index is 12.2. The van der Waals surface area contributed by atoms with E-state index in [1.54, 1.807) is 17.3 Å². The molecule has 0 radical (unpaired) electrons. The first-order valence-corrected chi connectivity index (χ1v) is 7.77. The molecule has 5 heteroatoms. The molecule has 2 aromatic rings. The molecule has 3 rings (SSSR count). The predicted molar refractivity (Wildman–Crippen MR) is 85.9 cm³/mol. The van der Waals surface area contributed by atoms with E-state index in [-0.39, 0.29) is 18.6 Å². The zero-order valence-corrected chi connectivity index (χ0v) is 12.9. The number of aromatic nitrogens is 1. The minimum atomic E-state index is 0.0155. The van der Waals surface area contributed by atoms with E-state index in [0.717, 1.165) is 17.7 Å². The molecule has 1 aliphatic rings. The Morgan fingerprint density at radius 2 is 1.96 bits per heavy atom. The fraction of sp³-hybridized carbons (Fsp3) is 0.333. The van der Waals surface area contributed by atoms with Gasteiger partial charge in [-0.15, -0.1) is 0 Å². The van der Waals surface area contributed by atoms with Gasteiger partial charge in [-0.05, 0) is 17.7 Å². The largest absolute Gasteiger partial charge is 0.488 e. The third-order valence-electron chi connectivity index (χ3n) is 3.79. The summed E-state index contributed by atoms with van der Waals surface area (Å²) >= 11 is 0. The fourth-order valence-electron chi connectivity index (χ4n) is 2.58. The molecule has 23 heavy (non-hydrogen) atoms. The number of pyridine rings is 1. The highest BCUT2D eigenvalue weighted by Crippen LogP contribution is 2.17. The Morgan fingerprint density at radius 3 is 2.74 bits per heavy atom. The molecule has 0 unspecified atom stereocenters. The normalized spacial score (nSPS) is 17.2. The molecule has 0 bridgehead atoms. The second kappa shape index (κ2) is 7.74. The number of hydrogen-bond acceptors (Lipinski definition) is 4. The highest BCUT2D eigenvalue weighted by molar-refractivity contribution is 5.77. The highest BCUT2D eigenvalue weighted by atomic mass is 16.5. The van der Waals surface area contributed by atoms with E-state index in [1.807, 2.05) is 42.5 Å². The molecule has 5 nitrogen and oxygen atoms in total. The van der Waals surface area contributed by atoms with Gasteiger partial charge in [-0.25, -0.2) is 0 Å². The SMILES string of the molecule is O=C(COCc1ccccc1)N1CC[C@H](Oc2ccncc2)C1. The van der Waals surface area contributed by atoms with Gasteiger partial charge in [0.2, 0.25) is 5.91 Å². The van der Waals surface area contributed by atoms with Crippen LogP contribution in [0.25, 0.3) is 0 Å². The number of nitrogens with zero attached hydrogens (tertiary/aromatic N) is 2. The standard InChI is InChI=1S/C18H20N2O3/c21-18(14-22-13-15-4-2-1-3-5-15)20-11-8-17(12-20)23-16-6-9-19-10-7-16/h1-7,9-10,17H,8,11-14H2/t17-/m0/s1. The minimum absolute atomic E-state index is 0.0155. The van der Waals surface area contributed by atoms with Crippen LogP contribution >= 0.6 is 0 Å². The van der Waals surface area contributed by atoms with Crippen molar-refractivity contribution >= 4 is 5.91 Å². The lowest BCUT2D eigenvalue weighted by molar-refractivity contribution is -0.135. The third-order valence-corrected chi connectivity index (χ3v) is 3.79. The Hall–Kier alpha value is -2.40. The third kappa shape index (κ3) is 4.53. The van der Waals surface area contributed by atoms with E-state index >= 15 is 0 Å². The Labute approximate surface area is 135 Å². The van der Waals surface area contributed by atoms with Crippen LogP contribution in [0.15, 0.2) is 54.9 Å². The van der Waals surface area contributed by atoms with Crippen molar-refractivity contribution in [1.29, 1.82) is 0 Å². The molecule has 1 saturated heterocycles. The fourth-order valence-corrected chi connectivity index (χ4v) is 2.58. The molecule has 0 N–H and O–H groups in total. The van der Waals surface area contributed by atoms with Gasteiger partial charge < -0.3 is 14.4 Å². The molecule has 1 aromatic carbocycles. The molecule has 2 heterocycles. The Balaban J connectivity index is 1.41. The second-order valence-corrected chi connectivity index (χ2v) is 5.53. The molecule has 0 saturated carbocycles. The molecule has 0 spiro atoms. The van der Waals surface area contributed by atoms with Gasteiger partial charge in [-0.1, -0.05) is 30.3 Å². The van der Waals surface area contributed by atoms with Crippen LogP contribution in [0.4, 0.5) is 0 Å². The van der Waals surface area contributed by atoms with Crippen LogP contribution in [0.3, 0.4) is 0 Å². The quantitative estimate of drug-likeness (QED) is 0.821. The molecule has 1 amide bonds. The van der Waals surface area contributed by atoms with Crippen molar-refractivity contribution in [1.82, 2.24) is 9.88 Å². The molecule has 1 fully saturated rings. The smallest absolute Gasteiger partial charge is 0.248 e. The number of ether oxygens (including phenoxy) is 2. The average molecular weight is 312 g/mol. The van der Waals surface area contributed by atoms with Crippen molar-refractivity contribution < 1.29 is 14.3 Å². The minimum Gasteiger partial charge on any atom is -0.488 e. The molecular weight excluding hydrogens is 292 g/mol. The summed E-state index contributed by atoms with van der Waals surface area (Å²) in [5.74, 6) is 0.807. The van der Waals surface area contributed by atoms with Gasteiger partial charge in [-0.3, -0.25) is 9.78 Å². The van der Waals surface area contributed by atoms with E-state index < -0.39 is 0 Å². The zero-order valence-electron chi connectivity index (χ0n) is 12.9. The van der Waals surface area contributed by atoms with E-state index in [9.17, 15) is 4.79 Å². The summed E-state index contributed by atoms with van der Waals surface area (Å²) in [5.41, 5.74) is 1.07. The van der Waals surface area contributed by atoms with Gasteiger partial charge in [-0.2, -0.15) is 0 Å². The number of benzene rings is 1. The average Bonchev–Trinajstić information content (AvgIpc) is 3.05. The Kier molecular flexibility index (Phi) is 5.21. The summed E-state index contributed by atoms with van der Waals surface area (Å²) in [6.45, 7) is 1.88. The van der Waals surface area contributed by atoms with Crippen molar-refractivity contribution in [2.75, 3.05) is 19.7 Å². The van der Waals surface area contributed by atoms with Gasteiger partial charge in [0.1, 0.15) is 18.5 Å². The summed E-state index contributed by atoms with van der Waals surface area (Å²) < 4.78 is 11.4. The first-order chi connectivity index (χ1) is 11.3. The predicted octanol–water partition coefficient (Wildman–Crippen LogP) is 2.28. The van der Waals surface area contributed by atoms with Crippen LogP contribution in [-0.4, -0.2) is 41.6 Å². The highest BCUT2D eigenvalue weighted by Gasteiger charge is 2.27. The van der Waals surface area contributed by atoms with E-state index in [4.69, 9.17) is 9.47 Å². The van der Waals surface area contributed by atoms with Crippen LogP contribution in [0, 0.1) is 0 Å². The first kappa shape index (κ1) is 15.5. The van der Waals surface area contributed by atoms with Crippen molar-refractivity contribution in [3.8, 4) is 5.75 Å². The molecule has 1 atom stereocenters. The van der Waals surface area contributed by atoms with Crippen LogP contribution in [0.2, 0.25) is 0 Å². The maximum absolute atomic E-state index is 12.2. The first-order valence-electron chi connectivity index (χ1n) is 7.77.